The number of rotatable bonds is 6. The lowest BCUT2D eigenvalue weighted by Gasteiger charge is -2.40. The van der Waals surface area contributed by atoms with E-state index < -0.39 is 20.4 Å². The molecule has 4 aromatic rings. The van der Waals surface area contributed by atoms with E-state index in [-0.39, 0.29) is 20.0 Å². The Balaban J connectivity index is 2.06. The zero-order valence-corrected chi connectivity index (χ0v) is 22.2. The van der Waals surface area contributed by atoms with Gasteiger partial charge in [-0.15, -0.1) is 0 Å². The van der Waals surface area contributed by atoms with Crippen molar-refractivity contribution in [1.82, 2.24) is 0 Å². The molecule has 0 spiro atoms. The normalized spacial score (nSPS) is 12.5. The van der Waals surface area contributed by atoms with Crippen LogP contribution in [-0.4, -0.2) is 8.42 Å². The first kappa shape index (κ1) is 25.1. The summed E-state index contributed by atoms with van der Waals surface area (Å²) in [5.74, 6) is 0. The Morgan fingerprint density at radius 1 is 0.618 bits per heavy atom. The summed E-state index contributed by atoms with van der Waals surface area (Å²) in [5.41, 5.74) is 1.98. The first-order valence-electron chi connectivity index (χ1n) is 10.3. The van der Waals surface area contributed by atoms with E-state index in [0.717, 1.165) is 25.8 Å². The summed E-state index contributed by atoms with van der Waals surface area (Å²) in [6.45, 7) is 3.95. The van der Waals surface area contributed by atoms with Crippen molar-refractivity contribution in [2.45, 2.75) is 33.4 Å². The quantitative estimate of drug-likeness (QED) is 0.225. The lowest BCUT2D eigenvalue weighted by atomic mass is 10.2. The van der Waals surface area contributed by atoms with Gasteiger partial charge in [-0.3, -0.25) is 0 Å². The van der Waals surface area contributed by atoms with Gasteiger partial charge in [-0.05, 0) is 72.2 Å². The maximum absolute atomic E-state index is 13.8. The molecule has 0 amide bonds. The average Bonchev–Trinajstić information content (AvgIpc) is 2.81. The molecule has 0 aliphatic carbocycles. The molecule has 0 N–H and O–H groups in total. The van der Waals surface area contributed by atoms with E-state index in [1.54, 1.807) is 0 Å². The Labute approximate surface area is 216 Å². The van der Waals surface area contributed by atoms with Crippen molar-refractivity contribution in [2.75, 3.05) is 0 Å². The molecule has 0 aromatic heterocycles. The monoisotopic (exact) mass is 550 g/mol. The van der Waals surface area contributed by atoms with Gasteiger partial charge in [0.05, 0.1) is 15.1 Å². The molecule has 0 bridgehead atoms. The van der Waals surface area contributed by atoms with E-state index in [0.29, 0.717) is 0 Å². The van der Waals surface area contributed by atoms with E-state index in [9.17, 15) is 8.42 Å². The standard InChI is InChI=1S/C26H21Cl3O3S2/c1-18-13-14-25(19(2)15-18)33(20-9-5-3-6-10-20,21-11-7-4-8-12-21)32-34(30,31)26-17-23(28)22(27)16-24(26)29/h3-17H,1-2H3. The number of hydrogen-bond donors (Lipinski definition) is 0. The Hall–Kier alpha value is -1.99. The molecule has 3 nitrogen and oxygen atoms in total. The van der Waals surface area contributed by atoms with Crippen molar-refractivity contribution in [3.05, 3.63) is 117 Å². The highest BCUT2D eigenvalue weighted by Gasteiger charge is 2.40. The largest absolute Gasteiger partial charge is 0.308 e. The fourth-order valence-corrected chi connectivity index (χ4v) is 10.1. The van der Waals surface area contributed by atoms with Gasteiger partial charge in [0.1, 0.15) is 4.90 Å². The van der Waals surface area contributed by atoms with Gasteiger partial charge < -0.3 is 0 Å². The zero-order valence-electron chi connectivity index (χ0n) is 18.3. The maximum atomic E-state index is 13.8. The number of benzene rings is 4. The van der Waals surface area contributed by atoms with Crippen molar-refractivity contribution in [2.24, 2.45) is 0 Å². The van der Waals surface area contributed by atoms with Crippen LogP contribution in [0.5, 0.6) is 0 Å². The summed E-state index contributed by atoms with van der Waals surface area (Å²) in [4.78, 5) is 1.99. The minimum Gasteiger partial charge on any atom is -0.203 e. The molecule has 8 heteroatoms. The Morgan fingerprint density at radius 3 is 1.68 bits per heavy atom. The van der Waals surface area contributed by atoms with Crippen LogP contribution >= 0.6 is 45.1 Å². The number of halogens is 3. The van der Waals surface area contributed by atoms with Crippen molar-refractivity contribution >= 4 is 55.2 Å². The van der Waals surface area contributed by atoms with Gasteiger partial charge >= 0.3 is 10.1 Å². The fraction of sp³-hybridized carbons (Fsp3) is 0.0769. The highest BCUT2D eigenvalue weighted by atomic mass is 35.5. The molecule has 0 fully saturated rings. The van der Waals surface area contributed by atoms with Gasteiger partial charge in [0, 0.05) is 14.7 Å². The summed E-state index contributed by atoms with van der Waals surface area (Å²) < 4.78 is 34.0. The molecule has 0 unspecified atom stereocenters. The summed E-state index contributed by atoms with van der Waals surface area (Å²) in [5, 5.41) is 0.161. The van der Waals surface area contributed by atoms with Crippen molar-refractivity contribution in [3.8, 4) is 0 Å². The third-order valence-electron chi connectivity index (χ3n) is 5.23. The molecule has 0 saturated heterocycles. The van der Waals surface area contributed by atoms with Crippen molar-refractivity contribution < 1.29 is 12.0 Å². The lowest BCUT2D eigenvalue weighted by Crippen LogP contribution is -2.16. The van der Waals surface area contributed by atoms with Crippen molar-refractivity contribution in [1.29, 1.82) is 0 Å². The van der Waals surface area contributed by atoms with E-state index >= 15 is 0 Å². The topological polar surface area (TPSA) is 43.4 Å². The smallest absolute Gasteiger partial charge is 0.203 e. The number of hydrogen-bond acceptors (Lipinski definition) is 3. The maximum Gasteiger partial charge on any atom is 0.308 e. The van der Waals surface area contributed by atoms with Crippen LogP contribution in [0.4, 0.5) is 0 Å². The van der Waals surface area contributed by atoms with E-state index in [4.69, 9.17) is 38.4 Å². The number of aryl methyl sites for hydroxylation is 2. The molecular weight excluding hydrogens is 531 g/mol. The minimum atomic E-state index is -4.40. The van der Waals surface area contributed by atoms with Gasteiger partial charge in [-0.25, -0.2) is 3.63 Å². The molecule has 4 aromatic carbocycles. The second-order valence-electron chi connectivity index (χ2n) is 7.67. The van der Waals surface area contributed by atoms with Gasteiger partial charge in [0.25, 0.3) is 0 Å². The van der Waals surface area contributed by atoms with Gasteiger partial charge in [0.2, 0.25) is 0 Å². The van der Waals surface area contributed by atoms with Crippen LogP contribution in [0.15, 0.2) is 111 Å². The first-order valence-corrected chi connectivity index (χ1v) is 14.4. The molecule has 4 rings (SSSR count). The second kappa shape index (κ2) is 9.94. The molecule has 0 heterocycles. The molecule has 34 heavy (non-hydrogen) atoms. The summed E-state index contributed by atoms with van der Waals surface area (Å²) in [6.07, 6.45) is 0. The highest BCUT2D eigenvalue weighted by Crippen LogP contribution is 2.71. The van der Waals surface area contributed by atoms with Gasteiger partial charge in [-0.2, -0.15) is 8.42 Å². The third kappa shape index (κ3) is 4.74. The van der Waals surface area contributed by atoms with Crippen LogP contribution in [0.3, 0.4) is 0 Å². The van der Waals surface area contributed by atoms with Crippen molar-refractivity contribution in [3.63, 3.8) is 0 Å². The first-order chi connectivity index (χ1) is 16.1. The Morgan fingerprint density at radius 2 is 1.15 bits per heavy atom. The van der Waals surface area contributed by atoms with Crippen LogP contribution < -0.4 is 0 Å². The van der Waals surface area contributed by atoms with Gasteiger partial charge in [-0.1, -0.05) is 88.9 Å². The Bertz CT molecular complexity index is 1400. The van der Waals surface area contributed by atoms with Crippen LogP contribution in [0.1, 0.15) is 11.1 Å². The lowest BCUT2D eigenvalue weighted by molar-refractivity contribution is 0.508. The van der Waals surface area contributed by atoms with Crippen LogP contribution in [0, 0.1) is 13.8 Å². The highest BCUT2D eigenvalue weighted by molar-refractivity contribution is 8.33. The van der Waals surface area contributed by atoms with Crippen LogP contribution in [0.2, 0.25) is 15.1 Å². The molecule has 0 aliphatic heterocycles. The summed E-state index contributed by atoms with van der Waals surface area (Å²) >= 11 is 18.5. The predicted molar refractivity (Wildman–Crippen MR) is 141 cm³/mol. The molecule has 0 saturated carbocycles. The molecule has 0 radical (unpaired) electrons. The van der Waals surface area contributed by atoms with E-state index in [1.807, 2.05) is 92.7 Å². The Kier molecular flexibility index (Phi) is 7.34. The summed E-state index contributed by atoms with van der Waals surface area (Å²) in [7, 11) is -7.15. The second-order valence-corrected chi connectivity index (χ2v) is 13.3. The zero-order chi connectivity index (χ0) is 24.5. The fourth-order valence-electron chi connectivity index (χ4n) is 3.72. The molecular formula is C26H21Cl3O3S2. The minimum absolute atomic E-state index is 0.0653. The molecule has 176 valence electrons. The van der Waals surface area contributed by atoms with E-state index in [1.165, 1.54) is 12.1 Å². The molecule has 0 aliphatic rings. The summed E-state index contributed by atoms with van der Waals surface area (Å²) in [6, 6.07) is 27.2. The SMILES string of the molecule is Cc1ccc(S(OS(=O)(=O)c2cc(Cl)c(Cl)cc2Cl)(c2ccccc2)c2ccccc2)c(C)c1. The average molecular weight is 552 g/mol. The molecule has 0 atom stereocenters. The third-order valence-corrected chi connectivity index (χ3v) is 11.7. The van der Waals surface area contributed by atoms with E-state index in [2.05, 4.69) is 0 Å². The van der Waals surface area contributed by atoms with Crippen LogP contribution in [0.25, 0.3) is 0 Å². The van der Waals surface area contributed by atoms with Crippen LogP contribution in [-0.2, 0) is 13.7 Å². The van der Waals surface area contributed by atoms with Gasteiger partial charge in [0.15, 0.2) is 0 Å². The predicted octanol–water partition coefficient (Wildman–Crippen LogP) is 8.87.